The van der Waals surface area contributed by atoms with Gasteiger partial charge in [-0.25, -0.2) is 0 Å². The number of hydrogen-bond donors (Lipinski definition) is 0. The number of hydroxylamine groups is 2. The number of carbonyl (C=O) groups excluding carboxylic acids is 1. The highest BCUT2D eigenvalue weighted by Gasteiger charge is 2.44. The van der Waals surface area contributed by atoms with Gasteiger partial charge in [0, 0.05) is 16.5 Å². The Morgan fingerprint density at radius 1 is 1.19 bits per heavy atom. The highest BCUT2D eigenvalue weighted by Crippen LogP contribution is 2.49. The number of ketones is 1. The van der Waals surface area contributed by atoms with E-state index in [0.29, 0.717) is 11.3 Å². The number of rotatable bonds is 2. The smallest absolute Gasteiger partial charge is 0.208 e. The van der Waals surface area contributed by atoms with E-state index in [1.807, 2.05) is 39.8 Å². The summed E-state index contributed by atoms with van der Waals surface area (Å²) in [5.74, 6) is 0.260. The number of hydrogen-bond acceptors (Lipinski definition) is 4. The third kappa shape index (κ3) is 1.91. The fourth-order valence-electron chi connectivity index (χ4n) is 3.22. The molecule has 0 unspecified atom stereocenters. The molecule has 0 fully saturated rings. The molecule has 0 amide bonds. The Labute approximate surface area is 131 Å². The van der Waals surface area contributed by atoms with Crippen LogP contribution in [0.15, 0.2) is 22.6 Å². The van der Waals surface area contributed by atoms with Crippen molar-refractivity contribution in [2.45, 2.75) is 38.8 Å². The molecule has 1 aliphatic heterocycles. The molecule has 0 bridgehead atoms. The number of halogens is 1. The molecule has 0 N–H and O–H groups in total. The Hall–Kier alpha value is -1.17. The van der Waals surface area contributed by atoms with Crippen LogP contribution in [0.3, 0.4) is 0 Å². The molecule has 3 rings (SSSR count). The van der Waals surface area contributed by atoms with Crippen LogP contribution in [0, 0.1) is 5.21 Å². The summed E-state index contributed by atoms with van der Waals surface area (Å²) < 4.78 is 5.64. The highest BCUT2D eigenvalue weighted by molar-refractivity contribution is 9.09. The van der Waals surface area contributed by atoms with E-state index in [2.05, 4.69) is 15.9 Å². The van der Waals surface area contributed by atoms with Gasteiger partial charge in [0.2, 0.25) is 5.78 Å². The summed E-state index contributed by atoms with van der Waals surface area (Å²) in [4.78, 5) is 11.7. The molecule has 5 heteroatoms. The van der Waals surface area contributed by atoms with Crippen molar-refractivity contribution in [1.29, 1.82) is 0 Å². The van der Waals surface area contributed by atoms with Crippen LogP contribution in [0.1, 0.15) is 49.4 Å². The predicted octanol–water partition coefficient (Wildman–Crippen LogP) is 4.29. The van der Waals surface area contributed by atoms with E-state index >= 15 is 0 Å². The van der Waals surface area contributed by atoms with E-state index in [0.717, 1.165) is 21.6 Å². The maximum Gasteiger partial charge on any atom is 0.208 e. The zero-order valence-electron chi connectivity index (χ0n) is 12.5. The van der Waals surface area contributed by atoms with Crippen molar-refractivity contribution in [2.75, 3.05) is 5.33 Å². The van der Waals surface area contributed by atoms with Crippen LogP contribution in [-0.2, 0) is 11.1 Å². The van der Waals surface area contributed by atoms with E-state index in [1.54, 1.807) is 6.07 Å². The number of benzene rings is 1. The van der Waals surface area contributed by atoms with Crippen LogP contribution in [-0.4, -0.2) is 16.2 Å². The van der Waals surface area contributed by atoms with Crippen LogP contribution in [0.25, 0.3) is 11.0 Å². The molecule has 0 atom stereocenters. The van der Waals surface area contributed by atoms with E-state index in [-0.39, 0.29) is 11.1 Å². The van der Waals surface area contributed by atoms with Crippen LogP contribution in [0.2, 0.25) is 0 Å². The molecule has 0 saturated carbocycles. The fraction of sp³-hybridized carbons (Fsp3) is 0.438. The van der Waals surface area contributed by atoms with Gasteiger partial charge in [-0.3, -0.25) is 4.79 Å². The third-order valence-electron chi connectivity index (χ3n) is 4.39. The van der Waals surface area contributed by atoms with Gasteiger partial charge in [-0.2, -0.15) is 0 Å². The SMILES string of the molecule is CC1(C)c2cc3cc(C(=O)CBr)oc3cc2C(C)(C)N1[O-]. The van der Waals surface area contributed by atoms with Gasteiger partial charge in [0.15, 0.2) is 5.76 Å². The molecule has 1 aromatic heterocycles. The van der Waals surface area contributed by atoms with Crippen molar-refractivity contribution in [3.63, 3.8) is 0 Å². The number of carbonyl (C=O) groups is 1. The quantitative estimate of drug-likeness (QED) is 0.598. The van der Waals surface area contributed by atoms with E-state index in [9.17, 15) is 10.0 Å². The van der Waals surface area contributed by atoms with Crippen molar-refractivity contribution in [3.8, 4) is 0 Å². The summed E-state index contributed by atoms with van der Waals surface area (Å²) in [6.07, 6.45) is 0. The average molecular weight is 351 g/mol. The highest BCUT2D eigenvalue weighted by atomic mass is 79.9. The van der Waals surface area contributed by atoms with Gasteiger partial charge in [-0.1, -0.05) is 15.9 Å². The van der Waals surface area contributed by atoms with Gasteiger partial charge in [0.1, 0.15) is 5.58 Å². The molecule has 21 heavy (non-hydrogen) atoms. The van der Waals surface area contributed by atoms with Gasteiger partial charge in [-0.05, 0) is 57.0 Å². The van der Waals surface area contributed by atoms with Crippen molar-refractivity contribution in [1.82, 2.24) is 5.06 Å². The Balaban J connectivity index is 2.26. The zero-order chi connectivity index (χ0) is 15.6. The van der Waals surface area contributed by atoms with Gasteiger partial charge in [0.05, 0.1) is 5.33 Å². The second-order valence-corrected chi connectivity index (χ2v) is 7.08. The maximum atomic E-state index is 12.6. The number of Topliss-reactive ketones (excluding diaryl/α,β-unsaturated/α-hetero) is 1. The standard InChI is InChI=1S/C16H17BrNO3/c1-15(2)10-5-9-6-14(12(19)8-17)21-13(9)7-11(10)16(3,4)18(15)20/h5-7H,8H2,1-4H3/q-1. The van der Waals surface area contributed by atoms with Crippen LogP contribution in [0.5, 0.6) is 0 Å². The lowest BCUT2D eigenvalue weighted by atomic mass is 9.90. The lowest BCUT2D eigenvalue weighted by molar-refractivity contribution is 0.0995. The molecule has 1 aliphatic rings. The molecule has 4 nitrogen and oxygen atoms in total. The third-order valence-corrected chi connectivity index (χ3v) is 4.90. The second kappa shape index (κ2) is 4.41. The van der Waals surface area contributed by atoms with Gasteiger partial charge in [-0.15, -0.1) is 0 Å². The first kappa shape index (κ1) is 14.8. The van der Waals surface area contributed by atoms with E-state index in [1.165, 1.54) is 0 Å². The molecule has 0 saturated heterocycles. The molecular formula is C16H17BrNO3-. The summed E-state index contributed by atoms with van der Waals surface area (Å²) in [6, 6.07) is 5.61. The Kier molecular flexibility index (Phi) is 3.10. The zero-order valence-corrected chi connectivity index (χ0v) is 14.1. The first-order valence-corrected chi connectivity index (χ1v) is 7.97. The molecule has 0 aliphatic carbocycles. The average Bonchev–Trinajstić information content (AvgIpc) is 2.91. The monoisotopic (exact) mass is 350 g/mol. The Morgan fingerprint density at radius 2 is 1.76 bits per heavy atom. The second-order valence-electron chi connectivity index (χ2n) is 6.52. The normalized spacial score (nSPS) is 19.9. The minimum atomic E-state index is -0.612. The van der Waals surface area contributed by atoms with Crippen molar-refractivity contribution < 1.29 is 9.21 Å². The van der Waals surface area contributed by atoms with Gasteiger partial charge in [0.25, 0.3) is 0 Å². The Morgan fingerprint density at radius 3 is 2.33 bits per heavy atom. The summed E-state index contributed by atoms with van der Waals surface area (Å²) >= 11 is 3.15. The Bertz CT molecular complexity index is 692. The summed E-state index contributed by atoms with van der Waals surface area (Å²) in [5.41, 5.74) is 1.40. The first-order chi connectivity index (χ1) is 9.69. The fourth-order valence-corrected chi connectivity index (χ4v) is 3.50. The summed E-state index contributed by atoms with van der Waals surface area (Å²) in [6.45, 7) is 7.66. The number of nitrogens with zero attached hydrogens (tertiary/aromatic N) is 1. The first-order valence-electron chi connectivity index (χ1n) is 6.85. The van der Waals surface area contributed by atoms with Crippen molar-refractivity contribution in [3.05, 3.63) is 40.3 Å². The molecule has 1 aromatic carbocycles. The molecule has 2 heterocycles. The summed E-state index contributed by atoms with van der Waals surface area (Å²) in [7, 11) is 0. The van der Waals surface area contributed by atoms with Crippen LogP contribution >= 0.6 is 15.9 Å². The van der Waals surface area contributed by atoms with E-state index < -0.39 is 11.1 Å². The van der Waals surface area contributed by atoms with Gasteiger partial charge < -0.3 is 14.7 Å². The van der Waals surface area contributed by atoms with Crippen LogP contribution in [0.4, 0.5) is 0 Å². The number of fused-ring (bicyclic) bond motifs is 2. The number of alkyl halides is 1. The lowest BCUT2D eigenvalue weighted by Crippen LogP contribution is -2.40. The molecular weight excluding hydrogens is 334 g/mol. The van der Waals surface area contributed by atoms with Gasteiger partial charge >= 0.3 is 0 Å². The largest absolute Gasteiger partial charge is 0.784 e. The summed E-state index contributed by atoms with van der Waals surface area (Å²) in [5, 5.41) is 14.8. The molecule has 112 valence electrons. The lowest BCUT2D eigenvalue weighted by Gasteiger charge is -2.46. The van der Waals surface area contributed by atoms with Crippen molar-refractivity contribution >= 4 is 32.7 Å². The minimum Gasteiger partial charge on any atom is -0.784 e. The number of furan rings is 1. The van der Waals surface area contributed by atoms with Crippen molar-refractivity contribution in [2.24, 2.45) is 0 Å². The minimum absolute atomic E-state index is 0.0877. The van der Waals surface area contributed by atoms with Crippen LogP contribution < -0.4 is 0 Å². The topological polar surface area (TPSA) is 56.5 Å². The maximum absolute atomic E-state index is 12.6. The predicted molar refractivity (Wildman–Crippen MR) is 85.6 cm³/mol. The molecule has 0 radical (unpaired) electrons. The van der Waals surface area contributed by atoms with E-state index in [4.69, 9.17) is 4.42 Å². The molecule has 0 spiro atoms. The molecule has 2 aromatic rings.